The zero-order valence-corrected chi connectivity index (χ0v) is 20.2. The van der Waals surface area contributed by atoms with Gasteiger partial charge in [0.15, 0.2) is 17.2 Å². The van der Waals surface area contributed by atoms with Crippen molar-refractivity contribution in [3.8, 4) is 39.7 Å². The molecule has 1 saturated carbocycles. The quantitative estimate of drug-likeness (QED) is 0.318. The Morgan fingerprint density at radius 3 is 2.64 bits per heavy atom. The Bertz CT molecular complexity index is 1540. The highest BCUT2D eigenvalue weighted by atomic mass is 19.1. The number of hydrogen-bond acceptors (Lipinski definition) is 6. The number of methoxy groups -OCH3 is 1. The Morgan fingerprint density at radius 2 is 1.94 bits per heavy atom. The zero-order chi connectivity index (χ0) is 24.6. The van der Waals surface area contributed by atoms with E-state index in [-0.39, 0.29) is 11.5 Å². The standard InChI is InChI=1S/C28H26FN5O2/c1-34-16-31-33-27(34)24-20(18-7-4-3-5-8-18)11-12-21(29)25(24)28-32-22-13-17(15-30-19-9-6-10-19)14-23(35-2)26(22)36-28/h3-5,7-8,11-14,16,19,30H,6,9-10,15H2,1-2H3. The molecule has 2 heterocycles. The first kappa shape index (κ1) is 22.4. The van der Waals surface area contributed by atoms with Gasteiger partial charge in [-0.15, -0.1) is 10.2 Å². The van der Waals surface area contributed by atoms with Crippen molar-refractivity contribution in [3.05, 3.63) is 72.3 Å². The molecule has 36 heavy (non-hydrogen) atoms. The van der Waals surface area contributed by atoms with Crippen molar-refractivity contribution < 1.29 is 13.5 Å². The van der Waals surface area contributed by atoms with Gasteiger partial charge in [0.05, 0.1) is 12.7 Å². The van der Waals surface area contributed by atoms with Crippen LogP contribution in [0, 0.1) is 5.82 Å². The molecule has 0 aliphatic heterocycles. The number of rotatable bonds is 7. The highest BCUT2D eigenvalue weighted by Gasteiger charge is 2.26. The molecule has 1 fully saturated rings. The van der Waals surface area contributed by atoms with Crippen LogP contribution in [0.25, 0.3) is 45.1 Å². The first-order valence-electron chi connectivity index (χ1n) is 12.1. The lowest BCUT2D eigenvalue weighted by atomic mass is 9.93. The molecular weight excluding hydrogens is 457 g/mol. The summed E-state index contributed by atoms with van der Waals surface area (Å²) in [5, 5.41) is 11.9. The van der Waals surface area contributed by atoms with Crippen LogP contribution < -0.4 is 10.1 Å². The van der Waals surface area contributed by atoms with E-state index in [0.29, 0.717) is 40.8 Å². The maximum Gasteiger partial charge on any atom is 0.231 e. The molecule has 2 aromatic heterocycles. The van der Waals surface area contributed by atoms with Crippen molar-refractivity contribution >= 4 is 11.1 Å². The van der Waals surface area contributed by atoms with E-state index >= 15 is 4.39 Å². The molecule has 1 N–H and O–H groups in total. The van der Waals surface area contributed by atoms with Crippen LogP contribution in [-0.2, 0) is 13.6 Å². The molecule has 0 radical (unpaired) electrons. The maximum atomic E-state index is 15.6. The van der Waals surface area contributed by atoms with Gasteiger partial charge in [0.2, 0.25) is 5.89 Å². The molecular formula is C28H26FN5O2. The van der Waals surface area contributed by atoms with E-state index in [2.05, 4.69) is 15.5 Å². The number of nitrogens with zero attached hydrogens (tertiary/aromatic N) is 4. The van der Waals surface area contributed by atoms with Gasteiger partial charge in [-0.3, -0.25) is 0 Å². The van der Waals surface area contributed by atoms with Crippen LogP contribution in [-0.4, -0.2) is 32.9 Å². The third-order valence-corrected chi connectivity index (χ3v) is 6.82. The maximum absolute atomic E-state index is 15.6. The Labute approximate surface area is 208 Å². The molecule has 5 aromatic rings. The van der Waals surface area contributed by atoms with Crippen LogP contribution in [0.2, 0.25) is 0 Å². The fraction of sp³-hybridized carbons (Fsp3) is 0.250. The molecule has 6 rings (SSSR count). The second-order valence-electron chi connectivity index (χ2n) is 9.15. The average molecular weight is 484 g/mol. The van der Waals surface area contributed by atoms with Crippen LogP contribution >= 0.6 is 0 Å². The average Bonchev–Trinajstić information content (AvgIpc) is 3.48. The molecule has 7 nitrogen and oxygen atoms in total. The Hall–Kier alpha value is -4.04. The Balaban J connectivity index is 1.53. The Morgan fingerprint density at radius 1 is 1.11 bits per heavy atom. The largest absolute Gasteiger partial charge is 0.493 e. The predicted octanol–water partition coefficient (Wildman–Crippen LogP) is 5.75. The summed E-state index contributed by atoms with van der Waals surface area (Å²) in [6, 6.07) is 17.5. The number of nitrogens with one attached hydrogen (secondary N) is 1. The third-order valence-electron chi connectivity index (χ3n) is 6.82. The van der Waals surface area contributed by atoms with Gasteiger partial charge in [-0.05, 0) is 47.7 Å². The minimum absolute atomic E-state index is 0.167. The lowest BCUT2D eigenvalue weighted by Gasteiger charge is -2.26. The van der Waals surface area contributed by atoms with E-state index in [9.17, 15) is 0 Å². The van der Waals surface area contributed by atoms with Gasteiger partial charge >= 0.3 is 0 Å². The second-order valence-corrected chi connectivity index (χ2v) is 9.15. The van der Waals surface area contributed by atoms with Crippen LogP contribution in [0.15, 0.2) is 65.3 Å². The predicted molar refractivity (Wildman–Crippen MR) is 136 cm³/mol. The fourth-order valence-electron chi connectivity index (χ4n) is 4.68. The summed E-state index contributed by atoms with van der Waals surface area (Å²) in [5.41, 5.74) is 4.67. The summed E-state index contributed by atoms with van der Waals surface area (Å²) in [5.74, 6) is 0.796. The fourth-order valence-corrected chi connectivity index (χ4v) is 4.68. The van der Waals surface area contributed by atoms with Gasteiger partial charge in [-0.2, -0.15) is 0 Å². The monoisotopic (exact) mass is 483 g/mol. The molecule has 182 valence electrons. The summed E-state index contributed by atoms with van der Waals surface area (Å²) in [6.07, 6.45) is 5.27. The lowest BCUT2D eigenvalue weighted by Crippen LogP contribution is -2.34. The van der Waals surface area contributed by atoms with Crippen molar-refractivity contribution in [2.75, 3.05) is 7.11 Å². The molecule has 0 spiro atoms. The lowest BCUT2D eigenvalue weighted by molar-refractivity contribution is 0.338. The minimum Gasteiger partial charge on any atom is -0.493 e. The van der Waals surface area contributed by atoms with E-state index in [4.69, 9.17) is 14.1 Å². The van der Waals surface area contributed by atoms with Crippen LogP contribution in [0.5, 0.6) is 5.75 Å². The van der Waals surface area contributed by atoms with E-state index in [1.165, 1.54) is 25.3 Å². The number of fused-ring (bicyclic) bond motifs is 1. The van der Waals surface area contributed by atoms with Crippen molar-refractivity contribution in [2.24, 2.45) is 7.05 Å². The molecule has 1 aliphatic rings. The van der Waals surface area contributed by atoms with Crippen LogP contribution in [0.1, 0.15) is 24.8 Å². The molecule has 8 heteroatoms. The molecule has 0 saturated heterocycles. The first-order chi connectivity index (χ1) is 17.6. The topological polar surface area (TPSA) is 78.0 Å². The molecule has 1 aliphatic carbocycles. The van der Waals surface area contributed by atoms with Gasteiger partial charge in [-0.1, -0.05) is 42.8 Å². The number of ether oxygens (including phenoxy) is 1. The van der Waals surface area contributed by atoms with Gasteiger partial charge < -0.3 is 19.0 Å². The molecule has 3 aromatic carbocycles. The summed E-state index contributed by atoms with van der Waals surface area (Å²) >= 11 is 0. The van der Waals surface area contributed by atoms with Gasteiger partial charge in [-0.25, -0.2) is 9.37 Å². The second kappa shape index (κ2) is 9.20. The summed E-state index contributed by atoms with van der Waals surface area (Å²) in [6.45, 7) is 0.710. The molecule has 0 bridgehead atoms. The summed E-state index contributed by atoms with van der Waals surface area (Å²) in [4.78, 5) is 4.74. The highest BCUT2D eigenvalue weighted by molar-refractivity contribution is 5.92. The van der Waals surface area contributed by atoms with E-state index in [1.807, 2.05) is 49.5 Å². The molecule has 0 atom stereocenters. The number of oxazole rings is 1. The van der Waals surface area contributed by atoms with Crippen LogP contribution in [0.3, 0.4) is 0 Å². The van der Waals surface area contributed by atoms with Gasteiger partial charge in [0.25, 0.3) is 0 Å². The van der Waals surface area contributed by atoms with E-state index in [1.54, 1.807) is 24.1 Å². The van der Waals surface area contributed by atoms with Gasteiger partial charge in [0.1, 0.15) is 17.7 Å². The van der Waals surface area contributed by atoms with Crippen molar-refractivity contribution in [2.45, 2.75) is 31.8 Å². The van der Waals surface area contributed by atoms with E-state index < -0.39 is 5.82 Å². The van der Waals surface area contributed by atoms with Crippen LogP contribution in [0.4, 0.5) is 4.39 Å². The number of hydrogen-bond donors (Lipinski definition) is 1. The van der Waals surface area contributed by atoms with E-state index in [0.717, 1.165) is 16.7 Å². The van der Waals surface area contributed by atoms with Gasteiger partial charge in [0, 0.05) is 25.2 Å². The molecule has 0 amide bonds. The minimum atomic E-state index is -0.454. The summed E-state index contributed by atoms with van der Waals surface area (Å²) < 4.78 is 29.2. The van der Waals surface area contributed by atoms with Crippen molar-refractivity contribution in [3.63, 3.8) is 0 Å². The zero-order valence-electron chi connectivity index (χ0n) is 20.2. The molecule has 0 unspecified atom stereocenters. The number of halogens is 1. The smallest absolute Gasteiger partial charge is 0.231 e. The van der Waals surface area contributed by atoms with Crippen molar-refractivity contribution in [1.29, 1.82) is 0 Å². The number of aryl methyl sites for hydroxylation is 1. The third kappa shape index (κ3) is 3.93. The first-order valence-corrected chi connectivity index (χ1v) is 12.1. The Kier molecular flexibility index (Phi) is 5.73. The summed E-state index contributed by atoms with van der Waals surface area (Å²) in [7, 11) is 3.43. The van der Waals surface area contributed by atoms with Crippen molar-refractivity contribution in [1.82, 2.24) is 25.1 Å². The number of benzene rings is 3. The SMILES string of the molecule is COc1cc(CNC2CCC2)cc2nc(-c3c(F)ccc(-c4ccccc4)c3-c3nncn3C)oc12. The normalized spacial score (nSPS) is 13.8. The highest BCUT2D eigenvalue weighted by Crippen LogP contribution is 2.42. The number of aromatic nitrogens is 4.